The Morgan fingerprint density at radius 1 is 1.03 bits per heavy atom. The number of fused-ring (bicyclic) bond motifs is 1. The van der Waals surface area contributed by atoms with Crippen molar-refractivity contribution >= 4 is 35.1 Å². The monoisotopic (exact) mass is 500 g/mol. The zero-order chi connectivity index (χ0) is 26.4. The van der Waals surface area contributed by atoms with E-state index in [1.165, 1.54) is 18.1 Å². The zero-order valence-corrected chi connectivity index (χ0v) is 20.3. The van der Waals surface area contributed by atoms with Crippen LogP contribution in [0.4, 0.5) is 11.4 Å². The van der Waals surface area contributed by atoms with Crippen molar-refractivity contribution in [2.24, 2.45) is 0 Å². The average molecular weight is 501 g/mol. The Hall–Kier alpha value is -4.66. The van der Waals surface area contributed by atoms with Crippen LogP contribution in [0.15, 0.2) is 78.9 Å². The van der Waals surface area contributed by atoms with Gasteiger partial charge in [0.15, 0.2) is 0 Å². The van der Waals surface area contributed by atoms with E-state index in [-0.39, 0.29) is 18.4 Å². The maximum absolute atomic E-state index is 13.7. The van der Waals surface area contributed by atoms with Crippen LogP contribution in [0.2, 0.25) is 0 Å². The van der Waals surface area contributed by atoms with Crippen LogP contribution in [0.25, 0.3) is 0 Å². The number of rotatable bonds is 8. The number of anilines is 2. The molecule has 0 radical (unpaired) electrons. The molecule has 190 valence electrons. The number of carbonyl (C=O) groups excluding carboxylic acids is 4. The van der Waals surface area contributed by atoms with Gasteiger partial charge in [-0.1, -0.05) is 60.7 Å². The normalized spacial score (nSPS) is 15.7. The smallest absolute Gasteiger partial charge is 0.307 e. The van der Waals surface area contributed by atoms with E-state index in [4.69, 9.17) is 10.5 Å². The maximum Gasteiger partial charge on any atom is 0.307 e. The van der Waals surface area contributed by atoms with Gasteiger partial charge in [-0.05, 0) is 29.3 Å². The number of ether oxygens (including phenoxy) is 1. The second-order valence-corrected chi connectivity index (χ2v) is 8.74. The number of carbonyl (C=O) groups is 4. The molecule has 9 nitrogen and oxygen atoms in total. The molecule has 4 rings (SSSR count). The second kappa shape index (κ2) is 11.4. The first-order valence-electron chi connectivity index (χ1n) is 11.8. The van der Waals surface area contributed by atoms with Gasteiger partial charge in [0.1, 0.15) is 12.6 Å². The molecule has 3 aromatic rings. The Morgan fingerprint density at radius 2 is 1.70 bits per heavy atom. The van der Waals surface area contributed by atoms with E-state index in [2.05, 4.69) is 10.6 Å². The molecule has 1 aliphatic heterocycles. The summed E-state index contributed by atoms with van der Waals surface area (Å²) in [6.45, 7) is -0.400. The molecular formula is C28H28N4O5. The lowest BCUT2D eigenvalue weighted by Crippen LogP contribution is -2.51. The highest BCUT2D eigenvalue weighted by Crippen LogP contribution is 2.27. The number of nitrogens with zero attached hydrogens (tertiary/aromatic N) is 1. The molecule has 37 heavy (non-hydrogen) atoms. The molecule has 3 aromatic carbocycles. The summed E-state index contributed by atoms with van der Waals surface area (Å²) >= 11 is 0. The number of nitrogen functional groups attached to an aromatic ring is 1. The van der Waals surface area contributed by atoms with E-state index in [0.29, 0.717) is 16.9 Å². The van der Waals surface area contributed by atoms with E-state index < -0.39 is 42.3 Å². The Bertz CT molecular complexity index is 1300. The Kier molecular flexibility index (Phi) is 7.83. The minimum absolute atomic E-state index is 0.0898. The number of benzene rings is 3. The fourth-order valence-electron chi connectivity index (χ4n) is 4.31. The largest absolute Gasteiger partial charge is 0.469 e. The van der Waals surface area contributed by atoms with Gasteiger partial charge in [0, 0.05) is 12.1 Å². The molecule has 0 saturated heterocycles. The summed E-state index contributed by atoms with van der Waals surface area (Å²) in [4.78, 5) is 53.6. The van der Waals surface area contributed by atoms with Gasteiger partial charge in [-0.2, -0.15) is 0 Å². The summed E-state index contributed by atoms with van der Waals surface area (Å²) in [6, 6.07) is 21.3. The summed E-state index contributed by atoms with van der Waals surface area (Å²) in [5, 5.41) is 5.64. The average Bonchev–Trinajstić information content (AvgIpc) is 2.99. The minimum Gasteiger partial charge on any atom is -0.469 e. The molecule has 1 unspecified atom stereocenters. The Morgan fingerprint density at radius 3 is 2.38 bits per heavy atom. The van der Waals surface area contributed by atoms with Crippen molar-refractivity contribution < 1.29 is 23.9 Å². The lowest BCUT2D eigenvalue weighted by molar-refractivity contribution is -0.141. The van der Waals surface area contributed by atoms with Crippen molar-refractivity contribution in [2.75, 3.05) is 24.7 Å². The van der Waals surface area contributed by atoms with Crippen molar-refractivity contribution in [3.8, 4) is 0 Å². The van der Waals surface area contributed by atoms with Gasteiger partial charge in [-0.3, -0.25) is 19.2 Å². The summed E-state index contributed by atoms with van der Waals surface area (Å²) in [5.74, 6) is -1.93. The lowest BCUT2D eigenvalue weighted by atomic mass is 10.0. The van der Waals surface area contributed by atoms with Crippen LogP contribution in [0.5, 0.6) is 0 Å². The first kappa shape index (κ1) is 25.4. The van der Waals surface area contributed by atoms with Crippen LogP contribution in [-0.4, -0.2) is 48.3 Å². The Balaban J connectivity index is 1.64. The van der Waals surface area contributed by atoms with E-state index in [9.17, 15) is 19.2 Å². The molecule has 2 atom stereocenters. The summed E-state index contributed by atoms with van der Waals surface area (Å²) in [6.07, 6.45) is 0.118. The predicted molar refractivity (Wildman–Crippen MR) is 138 cm³/mol. The summed E-state index contributed by atoms with van der Waals surface area (Å²) in [5.41, 5.74) is 8.35. The van der Waals surface area contributed by atoms with Gasteiger partial charge in [0.2, 0.25) is 11.8 Å². The number of hydrogen-bond donors (Lipinski definition) is 3. The lowest BCUT2D eigenvalue weighted by Gasteiger charge is -2.29. The van der Waals surface area contributed by atoms with Gasteiger partial charge in [0.05, 0.1) is 30.8 Å². The predicted octanol–water partition coefficient (Wildman–Crippen LogP) is 2.70. The highest BCUT2D eigenvalue weighted by molar-refractivity contribution is 6.11. The third-order valence-corrected chi connectivity index (χ3v) is 6.19. The number of methoxy groups -OCH3 is 1. The highest BCUT2D eigenvalue weighted by Gasteiger charge is 2.37. The molecule has 1 aliphatic rings. The summed E-state index contributed by atoms with van der Waals surface area (Å²) in [7, 11) is 1.28. The van der Waals surface area contributed by atoms with E-state index in [1.54, 1.807) is 36.4 Å². The molecule has 0 saturated carbocycles. The second-order valence-electron chi connectivity index (χ2n) is 8.74. The molecule has 0 fully saturated rings. The topological polar surface area (TPSA) is 131 Å². The third-order valence-electron chi connectivity index (χ3n) is 6.19. The van der Waals surface area contributed by atoms with Crippen LogP contribution in [0.1, 0.15) is 33.9 Å². The van der Waals surface area contributed by atoms with E-state index >= 15 is 0 Å². The molecule has 1 heterocycles. The molecule has 3 amide bonds. The molecular weight excluding hydrogens is 472 g/mol. The van der Waals surface area contributed by atoms with Crippen molar-refractivity contribution in [2.45, 2.75) is 24.9 Å². The van der Waals surface area contributed by atoms with Crippen LogP contribution in [0.3, 0.4) is 0 Å². The quantitative estimate of drug-likeness (QED) is 0.322. The van der Waals surface area contributed by atoms with Crippen molar-refractivity contribution in [1.29, 1.82) is 0 Å². The molecule has 4 N–H and O–H groups in total. The number of nitrogens with two attached hydrogens (primary N) is 1. The standard InChI is InChI=1S/C28H28N4O5/c1-37-26(34)16-23(19-10-6-3-7-11-19)30-25(33)17-32-24(14-18-8-4-2-5-9-18)27(35)31-22-13-12-20(29)15-21(22)28(32)36/h2-13,15,23-24H,14,16-17,29H2,1H3,(H,30,33)(H,31,35)/t23?,24-/m0/s1. The highest BCUT2D eigenvalue weighted by atomic mass is 16.5. The van der Waals surface area contributed by atoms with Gasteiger partial charge in [-0.25, -0.2) is 0 Å². The first-order valence-corrected chi connectivity index (χ1v) is 11.8. The molecule has 0 aromatic heterocycles. The third kappa shape index (κ3) is 6.13. The van der Waals surface area contributed by atoms with Crippen LogP contribution in [-0.2, 0) is 25.5 Å². The number of esters is 1. The minimum atomic E-state index is -0.954. The van der Waals surface area contributed by atoms with Crippen LogP contribution >= 0.6 is 0 Å². The van der Waals surface area contributed by atoms with Crippen molar-refractivity contribution in [3.05, 3.63) is 95.6 Å². The van der Waals surface area contributed by atoms with Crippen LogP contribution in [0, 0.1) is 0 Å². The molecule has 9 heteroatoms. The Labute approximate surface area is 214 Å². The van der Waals surface area contributed by atoms with Gasteiger partial charge >= 0.3 is 5.97 Å². The number of nitrogens with one attached hydrogen (secondary N) is 2. The summed E-state index contributed by atoms with van der Waals surface area (Å²) < 4.78 is 4.80. The van der Waals surface area contributed by atoms with Crippen LogP contribution < -0.4 is 16.4 Å². The fourth-order valence-corrected chi connectivity index (χ4v) is 4.31. The first-order chi connectivity index (χ1) is 17.9. The van der Waals surface area contributed by atoms with Gasteiger partial charge in [-0.15, -0.1) is 0 Å². The number of amides is 3. The van der Waals surface area contributed by atoms with Crippen molar-refractivity contribution in [3.63, 3.8) is 0 Å². The maximum atomic E-state index is 13.7. The zero-order valence-electron chi connectivity index (χ0n) is 20.3. The van der Waals surface area contributed by atoms with E-state index in [0.717, 1.165) is 5.56 Å². The molecule has 0 spiro atoms. The SMILES string of the molecule is COC(=O)CC(NC(=O)CN1C(=O)c2cc(N)ccc2NC(=O)[C@@H]1Cc1ccccc1)c1ccccc1. The fraction of sp³-hybridized carbons (Fsp3) is 0.214. The van der Waals surface area contributed by atoms with E-state index in [1.807, 2.05) is 36.4 Å². The molecule has 0 aliphatic carbocycles. The van der Waals surface area contributed by atoms with Crippen molar-refractivity contribution in [1.82, 2.24) is 10.2 Å². The number of hydrogen-bond acceptors (Lipinski definition) is 6. The van der Waals surface area contributed by atoms with Gasteiger partial charge in [0.25, 0.3) is 5.91 Å². The molecule has 0 bridgehead atoms. The van der Waals surface area contributed by atoms with Gasteiger partial charge < -0.3 is 26.0 Å².